The number of nitrogens with one attached hydrogen (secondary N) is 1. The number of Topliss-reactive ketones (excluding diaryl/α,β-unsaturated/α-hetero) is 1. The minimum atomic E-state index is -0.468. The molecule has 0 atom stereocenters. The molecule has 0 aliphatic heterocycles. The van der Waals surface area contributed by atoms with Crippen molar-refractivity contribution in [2.24, 2.45) is 0 Å². The molecule has 1 fully saturated rings. The minimum absolute atomic E-state index is 0.271. The van der Waals surface area contributed by atoms with E-state index < -0.39 is 6.61 Å². The highest BCUT2D eigenvalue weighted by Crippen LogP contribution is 2.34. The monoisotopic (exact) mass is 363 g/mol. The smallest absolute Gasteiger partial charge is 0.208 e. The number of aromatic nitrogens is 2. The number of hydrogen-bond donors (Lipinski definition) is 2. The molecule has 0 saturated heterocycles. The highest BCUT2D eigenvalue weighted by Gasteiger charge is 2.20. The fraction of sp³-hybridized carbons (Fsp3) is 0.364. The van der Waals surface area contributed by atoms with Crippen LogP contribution in [0.5, 0.6) is 0 Å². The third-order valence-corrected chi connectivity index (χ3v) is 5.39. The zero-order valence-electron chi connectivity index (χ0n) is 15.4. The van der Waals surface area contributed by atoms with Crippen molar-refractivity contribution in [1.82, 2.24) is 9.55 Å². The molecule has 1 aliphatic rings. The Bertz CT molecular complexity index is 922. The predicted octanol–water partition coefficient (Wildman–Crippen LogP) is 4.85. The van der Waals surface area contributed by atoms with Crippen molar-refractivity contribution in [2.75, 3.05) is 11.9 Å². The van der Waals surface area contributed by atoms with Gasteiger partial charge in [-0.1, -0.05) is 37.8 Å². The van der Waals surface area contributed by atoms with Crippen molar-refractivity contribution < 1.29 is 9.90 Å². The highest BCUT2D eigenvalue weighted by molar-refractivity contribution is 5.97. The number of hydrogen-bond acceptors (Lipinski definition) is 4. The van der Waals surface area contributed by atoms with Gasteiger partial charge < -0.3 is 15.0 Å². The lowest BCUT2D eigenvalue weighted by Crippen LogP contribution is -2.11. The Morgan fingerprint density at radius 2 is 1.74 bits per heavy atom. The van der Waals surface area contributed by atoms with Gasteiger partial charge in [0.25, 0.3) is 0 Å². The van der Waals surface area contributed by atoms with E-state index in [1.807, 2.05) is 18.2 Å². The number of carbonyl (C=O) groups excluding carboxylic acids is 1. The summed E-state index contributed by atoms with van der Waals surface area (Å²) in [7, 11) is 0. The number of carbonyl (C=O) groups is 1. The minimum Gasteiger partial charge on any atom is -0.388 e. The fourth-order valence-corrected chi connectivity index (χ4v) is 3.98. The van der Waals surface area contributed by atoms with E-state index in [9.17, 15) is 4.79 Å². The summed E-state index contributed by atoms with van der Waals surface area (Å²) < 4.78 is 2.35. The second kappa shape index (κ2) is 7.92. The average Bonchev–Trinajstić information content (AvgIpc) is 2.87. The Kier molecular flexibility index (Phi) is 5.21. The highest BCUT2D eigenvalue weighted by atomic mass is 16.3. The molecule has 0 bridgehead atoms. The molecule has 27 heavy (non-hydrogen) atoms. The number of para-hydroxylation sites is 2. The van der Waals surface area contributed by atoms with Gasteiger partial charge >= 0.3 is 0 Å². The molecule has 0 spiro atoms. The molecule has 1 aromatic heterocycles. The lowest BCUT2D eigenvalue weighted by atomic mass is 10.1. The molecule has 0 unspecified atom stereocenters. The summed E-state index contributed by atoms with van der Waals surface area (Å²) in [6.07, 6.45) is 7.50. The number of nitrogens with zero attached hydrogens (tertiary/aromatic N) is 2. The van der Waals surface area contributed by atoms with Crippen LogP contribution >= 0.6 is 0 Å². The molecule has 2 aromatic carbocycles. The number of aliphatic hydroxyl groups is 1. The van der Waals surface area contributed by atoms with Crippen molar-refractivity contribution in [3.63, 3.8) is 0 Å². The number of rotatable bonds is 5. The number of fused-ring (bicyclic) bond motifs is 1. The molecule has 0 radical (unpaired) electrons. The molecule has 0 amide bonds. The topological polar surface area (TPSA) is 67.2 Å². The van der Waals surface area contributed by atoms with Gasteiger partial charge in [-0.25, -0.2) is 4.98 Å². The van der Waals surface area contributed by atoms with E-state index in [4.69, 9.17) is 10.1 Å². The average molecular weight is 363 g/mol. The van der Waals surface area contributed by atoms with Gasteiger partial charge in [0.15, 0.2) is 5.78 Å². The van der Waals surface area contributed by atoms with Gasteiger partial charge in [-0.2, -0.15) is 0 Å². The quantitative estimate of drug-likeness (QED) is 0.502. The van der Waals surface area contributed by atoms with Gasteiger partial charge in [0.05, 0.1) is 11.0 Å². The Hall–Kier alpha value is -2.66. The number of imidazole rings is 1. The third kappa shape index (κ3) is 3.74. The van der Waals surface area contributed by atoms with Crippen LogP contribution in [0, 0.1) is 0 Å². The zero-order valence-corrected chi connectivity index (χ0v) is 15.4. The van der Waals surface area contributed by atoms with Crippen LogP contribution in [0.2, 0.25) is 0 Å². The van der Waals surface area contributed by atoms with Crippen molar-refractivity contribution in [3.05, 3.63) is 54.1 Å². The first-order valence-corrected chi connectivity index (χ1v) is 9.74. The first-order chi connectivity index (χ1) is 13.3. The van der Waals surface area contributed by atoms with E-state index in [1.54, 1.807) is 12.1 Å². The number of aliphatic hydroxyl groups excluding tert-OH is 1. The Morgan fingerprint density at radius 1 is 1.04 bits per heavy atom. The van der Waals surface area contributed by atoms with Gasteiger partial charge in [-0.15, -0.1) is 0 Å². The molecule has 2 N–H and O–H groups in total. The normalized spacial score (nSPS) is 15.6. The summed E-state index contributed by atoms with van der Waals surface area (Å²) in [5, 5.41) is 12.4. The molecule has 5 nitrogen and oxygen atoms in total. The van der Waals surface area contributed by atoms with Gasteiger partial charge in [0.2, 0.25) is 5.95 Å². The van der Waals surface area contributed by atoms with E-state index >= 15 is 0 Å². The number of ketones is 1. The second-order valence-corrected chi connectivity index (χ2v) is 7.22. The molecule has 140 valence electrons. The summed E-state index contributed by atoms with van der Waals surface area (Å²) in [5.74, 6) is 0.580. The third-order valence-electron chi connectivity index (χ3n) is 5.39. The molecular weight excluding hydrogens is 338 g/mol. The largest absolute Gasteiger partial charge is 0.388 e. The molecule has 1 aliphatic carbocycles. The first kappa shape index (κ1) is 17.7. The van der Waals surface area contributed by atoms with Crippen LogP contribution in [-0.4, -0.2) is 27.0 Å². The Labute approximate surface area is 159 Å². The van der Waals surface area contributed by atoms with Crippen molar-refractivity contribution in [2.45, 2.75) is 44.6 Å². The number of benzene rings is 2. The molecule has 3 aromatic rings. The van der Waals surface area contributed by atoms with E-state index in [0.29, 0.717) is 11.6 Å². The molecular formula is C22H25N3O2. The van der Waals surface area contributed by atoms with Crippen LogP contribution in [0.3, 0.4) is 0 Å². The van der Waals surface area contributed by atoms with E-state index in [2.05, 4.69) is 28.1 Å². The van der Waals surface area contributed by atoms with Crippen LogP contribution in [0.4, 0.5) is 11.6 Å². The maximum absolute atomic E-state index is 11.6. The van der Waals surface area contributed by atoms with Crippen LogP contribution in [0.1, 0.15) is 54.9 Å². The fourth-order valence-electron chi connectivity index (χ4n) is 3.98. The van der Waals surface area contributed by atoms with Gasteiger partial charge in [-0.3, -0.25) is 4.79 Å². The van der Waals surface area contributed by atoms with Crippen molar-refractivity contribution >= 4 is 28.5 Å². The van der Waals surface area contributed by atoms with Gasteiger partial charge in [-0.05, 0) is 49.2 Å². The summed E-state index contributed by atoms with van der Waals surface area (Å²) in [4.78, 5) is 16.4. The van der Waals surface area contributed by atoms with Crippen molar-refractivity contribution in [1.29, 1.82) is 0 Å². The Balaban J connectivity index is 1.68. The first-order valence-electron chi connectivity index (χ1n) is 9.74. The van der Waals surface area contributed by atoms with Crippen LogP contribution < -0.4 is 5.32 Å². The Morgan fingerprint density at radius 3 is 2.44 bits per heavy atom. The predicted molar refractivity (Wildman–Crippen MR) is 108 cm³/mol. The number of anilines is 2. The lowest BCUT2D eigenvalue weighted by Gasteiger charge is -2.20. The van der Waals surface area contributed by atoms with E-state index in [0.717, 1.165) is 17.2 Å². The van der Waals surface area contributed by atoms with Gasteiger partial charge in [0.1, 0.15) is 6.61 Å². The maximum Gasteiger partial charge on any atom is 0.208 e. The zero-order chi connectivity index (χ0) is 18.6. The van der Waals surface area contributed by atoms with Crippen molar-refractivity contribution in [3.8, 4) is 0 Å². The van der Waals surface area contributed by atoms with Crippen LogP contribution in [-0.2, 0) is 0 Å². The summed E-state index contributed by atoms with van der Waals surface area (Å²) in [6, 6.07) is 15.9. The van der Waals surface area contributed by atoms with E-state index in [1.165, 1.54) is 44.0 Å². The maximum atomic E-state index is 11.6. The molecule has 1 heterocycles. The van der Waals surface area contributed by atoms with Gasteiger partial charge in [0, 0.05) is 17.3 Å². The summed E-state index contributed by atoms with van der Waals surface area (Å²) >= 11 is 0. The summed E-state index contributed by atoms with van der Waals surface area (Å²) in [6.45, 7) is -0.468. The molecule has 5 heteroatoms. The lowest BCUT2D eigenvalue weighted by molar-refractivity contribution is 0.0904. The summed E-state index contributed by atoms with van der Waals surface area (Å²) in [5.41, 5.74) is 3.56. The van der Waals surface area contributed by atoms with Crippen LogP contribution in [0.25, 0.3) is 11.0 Å². The van der Waals surface area contributed by atoms with E-state index in [-0.39, 0.29) is 5.78 Å². The second-order valence-electron chi connectivity index (χ2n) is 7.22. The molecule has 1 saturated carbocycles. The molecule has 4 rings (SSSR count). The standard InChI is InChI=1S/C22H25N3O2/c26-15-21(27)16-11-13-17(14-12-16)23-22-24-19-9-5-6-10-20(19)25(22)18-7-3-1-2-4-8-18/h5-6,9-14,18,26H,1-4,7-8,15H2,(H,23,24). The van der Waals surface area contributed by atoms with Crippen LogP contribution in [0.15, 0.2) is 48.5 Å². The SMILES string of the molecule is O=C(CO)c1ccc(Nc2nc3ccccc3n2C2CCCCCC2)cc1.